The van der Waals surface area contributed by atoms with E-state index in [1.807, 2.05) is 0 Å². The van der Waals surface area contributed by atoms with Gasteiger partial charge in [-0.05, 0) is 30.6 Å². The maximum atomic E-state index is 8.61. The molecule has 0 aromatic rings. The van der Waals surface area contributed by atoms with Crippen LogP contribution >= 0.6 is 0 Å². The average molecular weight is 198 g/mol. The second kappa shape index (κ2) is 5.75. The van der Waals surface area contributed by atoms with E-state index >= 15 is 0 Å². The van der Waals surface area contributed by atoms with Crippen molar-refractivity contribution >= 4 is 0 Å². The molecule has 1 fully saturated rings. The van der Waals surface area contributed by atoms with Gasteiger partial charge in [0.25, 0.3) is 0 Å². The highest BCUT2D eigenvalue weighted by molar-refractivity contribution is 4.94. The first-order valence-corrected chi connectivity index (χ1v) is 6.27. The van der Waals surface area contributed by atoms with Crippen molar-refractivity contribution < 1.29 is 5.11 Å². The van der Waals surface area contributed by atoms with Gasteiger partial charge in [-0.2, -0.15) is 0 Å². The molecule has 1 N–H and O–H groups in total. The van der Waals surface area contributed by atoms with Gasteiger partial charge in [0.1, 0.15) is 0 Å². The molecule has 0 amide bonds. The van der Waals surface area contributed by atoms with Crippen LogP contribution in [-0.4, -0.2) is 11.7 Å². The summed E-state index contributed by atoms with van der Waals surface area (Å²) >= 11 is 0. The van der Waals surface area contributed by atoms with Gasteiger partial charge in [0.05, 0.1) is 0 Å². The summed E-state index contributed by atoms with van der Waals surface area (Å²) in [7, 11) is 0. The van der Waals surface area contributed by atoms with Gasteiger partial charge in [0.15, 0.2) is 0 Å². The lowest BCUT2D eigenvalue weighted by Gasteiger charge is -2.03. The van der Waals surface area contributed by atoms with Crippen molar-refractivity contribution in [3.8, 4) is 0 Å². The Hall–Kier alpha value is -0.0400. The normalized spacial score (nSPS) is 23.8. The summed E-state index contributed by atoms with van der Waals surface area (Å²) in [6, 6.07) is 0. The summed E-state index contributed by atoms with van der Waals surface area (Å²) in [6.45, 7) is 5.15. The highest BCUT2D eigenvalue weighted by atomic mass is 16.2. The van der Waals surface area contributed by atoms with E-state index in [1.165, 1.54) is 44.9 Å². The SMILES string of the molecule is CC1(C)CC1CCCCCCCCO. The number of rotatable bonds is 8. The van der Waals surface area contributed by atoms with Gasteiger partial charge in [0, 0.05) is 6.61 Å². The van der Waals surface area contributed by atoms with Crippen molar-refractivity contribution in [2.24, 2.45) is 11.3 Å². The molecule has 0 radical (unpaired) electrons. The van der Waals surface area contributed by atoms with E-state index in [9.17, 15) is 0 Å². The number of unbranched alkanes of at least 4 members (excludes halogenated alkanes) is 5. The molecule has 1 saturated carbocycles. The van der Waals surface area contributed by atoms with Crippen molar-refractivity contribution in [1.82, 2.24) is 0 Å². The Morgan fingerprint density at radius 1 is 1.00 bits per heavy atom. The van der Waals surface area contributed by atoms with E-state index in [-0.39, 0.29) is 0 Å². The van der Waals surface area contributed by atoms with Crippen molar-refractivity contribution in [2.75, 3.05) is 6.61 Å². The third kappa shape index (κ3) is 4.45. The average Bonchev–Trinajstić information content (AvgIpc) is 2.73. The molecule has 1 aliphatic carbocycles. The van der Waals surface area contributed by atoms with Crippen LogP contribution in [0, 0.1) is 11.3 Å². The minimum absolute atomic E-state index is 0.371. The number of hydrogen-bond acceptors (Lipinski definition) is 1. The van der Waals surface area contributed by atoms with Crippen LogP contribution in [0.1, 0.15) is 65.2 Å². The fraction of sp³-hybridized carbons (Fsp3) is 1.00. The molecule has 1 heteroatoms. The van der Waals surface area contributed by atoms with Crippen molar-refractivity contribution in [3.63, 3.8) is 0 Å². The molecule has 0 aromatic heterocycles. The van der Waals surface area contributed by atoms with E-state index in [0.717, 1.165) is 12.3 Å². The van der Waals surface area contributed by atoms with Crippen LogP contribution in [0.25, 0.3) is 0 Å². The lowest BCUT2D eigenvalue weighted by atomic mass is 10.0. The van der Waals surface area contributed by atoms with Crippen LogP contribution in [0.2, 0.25) is 0 Å². The number of aliphatic hydroxyl groups excluding tert-OH is 1. The van der Waals surface area contributed by atoms with Crippen molar-refractivity contribution in [3.05, 3.63) is 0 Å². The lowest BCUT2D eigenvalue weighted by Crippen LogP contribution is -1.90. The van der Waals surface area contributed by atoms with Crippen LogP contribution in [0.4, 0.5) is 0 Å². The van der Waals surface area contributed by atoms with E-state index in [4.69, 9.17) is 5.11 Å². The Kier molecular flexibility index (Phi) is 4.94. The summed E-state index contributed by atoms with van der Waals surface area (Å²) in [5, 5.41) is 8.61. The monoisotopic (exact) mass is 198 g/mol. The van der Waals surface area contributed by atoms with Gasteiger partial charge in [-0.1, -0.05) is 46.0 Å². The molecular formula is C13H26O. The summed E-state index contributed by atoms with van der Waals surface area (Å²) < 4.78 is 0. The minimum atomic E-state index is 0.371. The fourth-order valence-electron chi connectivity index (χ4n) is 2.28. The fourth-order valence-corrected chi connectivity index (χ4v) is 2.28. The van der Waals surface area contributed by atoms with Crippen LogP contribution < -0.4 is 0 Å². The van der Waals surface area contributed by atoms with E-state index < -0.39 is 0 Å². The third-order valence-electron chi connectivity index (χ3n) is 3.68. The summed E-state index contributed by atoms with van der Waals surface area (Å²) in [6.07, 6.45) is 10.6. The third-order valence-corrected chi connectivity index (χ3v) is 3.68. The summed E-state index contributed by atoms with van der Waals surface area (Å²) in [5.41, 5.74) is 0.677. The zero-order valence-electron chi connectivity index (χ0n) is 9.89. The molecule has 14 heavy (non-hydrogen) atoms. The number of aliphatic hydroxyl groups is 1. The van der Waals surface area contributed by atoms with Gasteiger partial charge in [-0.15, -0.1) is 0 Å². The molecule has 1 unspecified atom stereocenters. The highest BCUT2D eigenvalue weighted by Gasteiger charge is 2.44. The second-order valence-electron chi connectivity index (χ2n) is 5.52. The van der Waals surface area contributed by atoms with E-state index in [0.29, 0.717) is 12.0 Å². The molecule has 0 aliphatic heterocycles. The molecule has 1 rings (SSSR count). The molecule has 0 spiro atoms. The molecule has 0 saturated heterocycles. The Morgan fingerprint density at radius 3 is 2.00 bits per heavy atom. The minimum Gasteiger partial charge on any atom is -0.396 e. The summed E-state index contributed by atoms with van der Waals surface area (Å²) in [4.78, 5) is 0. The van der Waals surface area contributed by atoms with Gasteiger partial charge in [-0.25, -0.2) is 0 Å². The van der Waals surface area contributed by atoms with Crippen LogP contribution in [0.15, 0.2) is 0 Å². The van der Waals surface area contributed by atoms with Crippen molar-refractivity contribution in [2.45, 2.75) is 65.2 Å². The summed E-state index contributed by atoms with van der Waals surface area (Å²) in [5.74, 6) is 1.03. The van der Waals surface area contributed by atoms with E-state index in [1.54, 1.807) is 0 Å². The maximum Gasteiger partial charge on any atom is 0.0431 e. The first-order chi connectivity index (χ1) is 6.67. The Labute approximate surface area is 88.9 Å². The molecular weight excluding hydrogens is 172 g/mol. The van der Waals surface area contributed by atoms with Gasteiger partial charge >= 0.3 is 0 Å². The Morgan fingerprint density at radius 2 is 1.50 bits per heavy atom. The zero-order valence-corrected chi connectivity index (χ0v) is 9.89. The Balaban J connectivity index is 1.77. The van der Waals surface area contributed by atoms with Crippen LogP contribution in [-0.2, 0) is 0 Å². The predicted molar refractivity (Wildman–Crippen MR) is 61.3 cm³/mol. The van der Waals surface area contributed by atoms with Gasteiger partial charge in [0.2, 0.25) is 0 Å². The van der Waals surface area contributed by atoms with Crippen molar-refractivity contribution in [1.29, 1.82) is 0 Å². The molecule has 1 atom stereocenters. The highest BCUT2D eigenvalue weighted by Crippen LogP contribution is 2.54. The molecule has 0 aromatic carbocycles. The van der Waals surface area contributed by atoms with E-state index in [2.05, 4.69) is 13.8 Å². The van der Waals surface area contributed by atoms with Crippen LogP contribution in [0.3, 0.4) is 0 Å². The standard InChI is InChI=1S/C13H26O/c1-13(2)11-12(13)9-7-5-3-4-6-8-10-14/h12,14H,3-11H2,1-2H3. The lowest BCUT2D eigenvalue weighted by molar-refractivity contribution is 0.282. The van der Waals surface area contributed by atoms with Gasteiger partial charge < -0.3 is 5.11 Å². The van der Waals surface area contributed by atoms with Gasteiger partial charge in [-0.3, -0.25) is 0 Å². The number of hydrogen-bond donors (Lipinski definition) is 1. The largest absolute Gasteiger partial charge is 0.396 e. The molecule has 1 nitrogen and oxygen atoms in total. The molecule has 84 valence electrons. The maximum absolute atomic E-state index is 8.61. The first kappa shape index (κ1) is 12.0. The topological polar surface area (TPSA) is 20.2 Å². The predicted octanol–water partition coefficient (Wildman–Crippen LogP) is 3.76. The zero-order chi connectivity index (χ0) is 10.4. The smallest absolute Gasteiger partial charge is 0.0431 e. The molecule has 1 aliphatic rings. The Bertz CT molecular complexity index is 151. The second-order valence-corrected chi connectivity index (χ2v) is 5.52. The first-order valence-electron chi connectivity index (χ1n) is 6.27. The van der Waals surface area contributed by atoms with Crippen LogP contribution in [0.5, 0.6) is 0 Å². The molecule has 0 heterocycles. The molecule has 0 bridgehead atoms. The quantitative estimate of drug-likeness (QED) is 0.589.